The molecule has 0 fully saturated rings. The number of nitrogens with zero attached hydrogens (tertiary/aromatic N) is 2. The molecule has 2 N–H and O–H groups in total. The lowest BCUT2D eigenvalue weighted by molar-refractivity contribution is 0.100. The molecule has 0 aliphatic carbocycles. The van der Waals surface area contributed by atoms with Crippen LogP contribution < -0.4 is 10.5 Å². The number of aromatic nitrogens is 2. The molecule has 104 valence electrons. The average Bonchev–Trinajstić information content (AvgIpc) is 2.38. The highest BCUT2D eigenvalue weighted by Gasteiger charge is 2.09. The van der Waals surface area contributed by atoms with E-state index >= 15 is 0 Å². The van der Waals surface area contributed by atoms with Gasteiger partial charge in [0, 0.05) is 17.5 Å². The monoisotopic (exact) mass is 291 g/mol. The van der Waals surface area contributed by atoms with Crippen molar-refractivity contribution < 1.29 is 9.53 Å². The van der Waals surface area contributed by atoms with Crippen LogP contribution in [0, 0.1) is 0 Å². The third-order valence-corrected chi connectivity index (χ3v) is 2.76. The van der Waals surface area contributed by atoms with Gasteiger partial charge in [-0.15, -0.1) is 0 Å². The van der Waals surface area contributed by atoms with E-state index in [9.17, 15) is 4.79 Å². The van der Waals surface area contributed by atoms with Crippen molar-refractivity contribution >= 4 is 17.5 Å². The number of nitrogens with two attached hydrogens (primary N) is 1. The number of carbonyl (C=O) groups excluding carboxylic acids is 1. The number of halogens is 1. The Labute approximate surface area is 121 Å². The minimum Gasteiger partial charge on any atom is -0.439 e. The van der Waals surface area contributed by atoms with Crippen LogP contribution in [0.4, 0.5) is 0 Å². The van der Waals surface area contributed by atoms with Gasteiger partial charge in [-0.1, -0.05) is 25.4 Å². The second kappa shape index (κ2) is 5.88. The molecule has 0 aliphatic rings. The zero-order valence-electron chi connectivity index (χ0n) is 11.1. The molecule has 0 saturated carbocycles. The Morgan fingerprint density at radius 3 is 2.45 bits per heavy atom. The van der Waals surface area contributed by atoms with Crippen molar-refractivity contribution in [2.45, 2.75) is 19.8 Å². The first-order chi connectivity index (χ1) is 9.45. The Bertz CT molecular complexity index is 627. The van der Waals surface area contributed by atoms with Crippen LogP contribution in [-0.4, -0.2) is 15.9 Å². The maximum Gasteiger partial charge on any atom is 0.248 e. The number of hydrogen-bond acceptors (Lipinski definition) is 4. The first-order valence-electron chi connectivity index (χ1n) is 6.08. The molecule has 1 aromatic carbocycles. The van der Waals surface area contributed by atoms with Crippen LogP contribution in [0.15, 0.2) is 30.3 Å². The summed E-state index contributed by atoms with van der Waals surface area (Å²) in [7, 11) is 0. The van der Waals surface area contributed by atoms with Crippen LogP contribution in [0.3, 0.4) is 0 Å². The quantitative estimate of drug-likeness (QED) is 0.878. The topological polar surface area (TPSA) is 78.1 Å². The van der Waals surface area contributed by atoms with E-state index in [1.54, 1.807) is 24.3 Å². The van der Waals surface area contributed by atoms with E-state index in [4.69, 9.17) is 22.1 Å². The van der Waals surface area contributed by atoms with E-state index in [0.717, 1.165) is 0 Å². The molecule has 0 bridgehead atoms. The molecule has 0 atom stereocenters. The Balaban J connectivity index is 2.23. The zero-order chi connectivity index (χ0) is 14.7. The third-order valence-electron chi connectivity index (χ3n) is 2.57. The zero-order valence-corrected chi connectivity index (χ0v) is 11.9. The van der Waals surface area contributed by atoms with Gasteiger partial charge in [-0.2, -0.15) is 4.98 Å². The fourth-order valence-electron chi connectivity index (χ4n) is 1.53. The molecule has 5 nitrogen and oxygen atoms in total. The number of rotatable bonds is 4. The van der Waals surface area contributed by atoms with Crippen molar-refractivity contribution in [2.24, 2.45) is 5.73 Å². The Kier molecular flexibility index (Phi) is 4.20. The third kappa shape index (κ3) is 3.45. The number of primary amides is 1. The molecule has 0 unspecified atom stereocenters. The molecule has 2 rings (SSSR count). The molecule has 1 aromatic heterocycles. The van der Waals surface area contributed by atoms with E-state index in [-0.39, 0.29) is 5.92 Å². The molecule has 0 saturated heterocycles. The maximum absolute atomic E-state index is 11.0. The van der Waals surface area contributed by atoms with Crippen molar-refractivity contribution in [3.8, 4) is 11.6 Å². The standard InChI is InChI=1S/C14H14ClN3O2/c1-8(2)14-17-11(15)7-12(18-14)20-10-5-3-9(4-6-10)13(16)19/h3-8H,1-2H3,(H2,16,19). The predicted octanol–water partition coefficient (Wildman–Crippen LogP) is 3.14. The summed E-state index contributed by atoms with van der Waals surface area (Å²) < 4.78 is 5.60. The van der Waals surface area contributed by atoms with Crippen LogP contribution in [0.2, 0.25) is 5.15 Å². The van der Waals surface area contributed by atoms with Gasteiger partial charge in [0.15, 0.2) is 0 Å². The molecule has 2 aromatic rings. The summed E-state index contributed by atoms with van der Waals surface area (Å²) in [6.07, 6.45) is 0. The molecular formula is C14H14ClN3O2. The van der Waals surface area contributed by atoms with Gasteiger partial charge >= 0.3 is 0 Å². The van der Waals surface area contributed by atoms with Gasteiger partial charge in [0.1, 0.15) is 16.7 Å². The van der Waals surface area contributed by atoms with Crippen LogP contribution in [0.5, 0.6) is 11.6 Å². The summed E-state index contributed by atoms with van der Waals surface area (Å²) in [4.78, 5) is 19.4. The van der Waals surface area contributed by atoms with E-state index < -0.39 is 5.91 Å². The number of carbonyl (C=O) groups is 1. The lowest BCUT2D eigenvalue weighted by Crippen LogP contribution is -2.10. The molecule has 1 amide bonds. The second-order valence-electron chi connectivity index (χ2n) is 4.53. The number of amides is 1. The largest absolute Gasteiger partial charge is 0.439 e. The number of benzene rings is 1. The van der Waals surface area contributed by atoms with Gasteiger partial charge in [0.05, 0.1) is 0 Å². The van der Waals surface area contributed by atoms with Gasteiger partial charge in [0.2, 0.25) is 11.8 Å². The highest BCUT2D eigenvalue weighted by Crippen LogP contribution is 2.24. The Morgan fingerprint density at radius 2 is 1.90 bits per heavy atom. The predicted molar refractivity (Wildman–Crippen MR) is 76.2 cm³/mol. The second-order valence-corrected chi connectivity index (χ2v) is 4.92. The van der Waals surface area contributed by atoms with Crippen LogP contribution in [-0.2, 0) is 0 Å². The van der Waals surface area contributed by atoms with Crippen molar-refractivity contribution in [1.29, 1.82) is 0 Å². The lowest BCUT2D eigenvalue weighted by atomic mass is 10.2. The molecule has 20 heavy (non-hydrogen) atoms. The smallest absolute Gasteiger partial charge is 0.248 e. The summed E-state index contributed by atoms with van der Waals surface area (Å²) in [6, 6.07) is 8.00. The van der Waals surface area contributed by atoms with Gasteiger partial charge < -0.3 is 10.5 Å². The molecule has 0 spiro atoms. The van der Waals surface area contributed by atoms with E-state index in [1.807, 2.05) is 13.8 Å². The van der Waals surface area contributed by atoms with E-state index in [2.05, 4.69) is 9.97 Å². The fraction of sp³-hybridized carbons (Fsp3) is 0.214. The summed E-state index contributed by atoms with van der Waals surface area (Å²) in [6.45, 7) is 3.94. The van der Waals surface area contributed by atoms with Crippen molar-refractivity contribution in [2.75, 3.05) is 0 Å². The molecule has 1 heterocycles. The van der Waals surface area contributed by atoms with Crippen LogP contribution >= 0.6 is 11.6 Å². The fourth-order valence-corrected chi connectivity index (χ4v) is 1.71. The summed E-state index contributed by atoms with van der Waals surface area (Å²) in [5.41, 5.74) is 5.59. The maximum atomic E-state index is 11.0. The number of hydrogen-bond donors (Lipinski definition) is 1. The Morgan fingerprint density at radius 1 is 1.25 bits per heavy atom. The van der Waals surface area contributed by atoms with Crippen molar-refractivity contribution in [3.63, 3.8) is 0 Å². The molecular weight excluding hydrogens is 278 g/mol. The van der Waals surface area contributed by atoms with Crippen molar-refractivity contribution in [3.05, 3.63) is 46.9 Å². The highest BCUT2D eigenvalue weighted by molar-refractivity contribution is 6.29. The molecule has 0 radical (unpaired) electrons. The van der Waals surface area contributed by atoms with Crippen LogP contribution in [0.1, 0.15) is 35.9 Å². The normalized spacial score (nSPS) is 10.6. The summed E-state index contributed by atoms with van der Waals surface area (Å²) in [5, 5.41) is 0.326. The van der Waals surface area contributed by atoms with Crippen molar-refractivity contribution in [1.82, 2.24) is 9.97 Å². The minimum absolute atomic E-state index is 0.147. The lowest BCUT2D eigenvalue weighted by Gasteiger charge is -2.09. The number of ether oxygens (including phenoxy) is 1. The average molecular weight is 292 g/mol. The minimum atomic E-state index is -0.483. The summed E-state index contributed by atoms with van der Waals surface area (Å²) >= 11 is 5.93. The SMILES string of the molecule is CC(C)c1nc(Cl)cc(Oc2ccc(C(N)=O)cc2)n1. The van der Waals surface area contributed by atoms with Crippen LogP contribution in [0.25, 0.3) is 0 Å². The Hall–Kier alpha value is -2.14. The molecule has 6 heteroatoms. The van der Waals surface area contributed by atoms with Gasteiger partial charge in [0.25, 0.3) is 0 Å². The summed E-state index contributed by atoms with van der Waals surface area (Å²) in [5.74, 6) is 1.18. The molecule has 0 aliphatic heterocycles. The van der Waals surface area contributed by atoms with E-state index in [1.165, 1.54) is 6.07 Å². The van der Waals surface area contributed by atoms with Gasteiger partial charge in [-0.25, -0.2) is 4.98 Å². The first-order valence-corrected chi connectivity index (χ1v) is 6.45. The van der Waals surface area contributed by atoms with E-state index in [0.29, 0.717) is 28.2 Å². The van der Waals surface area contributed by atoms with Gasteiger partial charge in [-0.05, 0) is 24.3 Å². The van der Waals surface area contributed by atoms with Gasteiger partial charge in [-0.3, -0.25) is 4.79 Å². The highest BCUT2D eigenvalue weighted by atomic mass is 35.5. The first kappa shape index (κ1) is 14.3.